The average molecular weight is 558 g/mol. The predicted molar refractivity (Wildman–Crippen MR) is 140 cm³/mol. The lowest BCUT2D eigenvalue weighted by Gasteiger charge is -2.34. The van der Waals surface area contributed by atoms with Crippen LogP contribution < -0.4 is 10.2 Å². The molecule has 0 radical (unpaired) electrons. The number of hydrogen-bond donors (Lipinski definition) is 1. The van der Waals surface area contributed by atoms with Crippen LogP contribution in [0.5, 0.6) is 0 Å². The first-order valence-corrected chi connectivity index (χ1v) is 12.5. The van der Waals surface area contributed by atoms with Gasteiger partial charge in [-0.3, -0.25) is 14.5 Å². The Morgan fingerprint density at radius 3 is 2.38 bits per heavy atom. The van der Waals surface area contributed by atoms with E-state index in [0.29, 0.717) is 49.3 Å². The Kier molecular flexibility index (Phi) is 7.04. The van der Waals surface area contributed by atoms with Gasteiger partial charge in [0.2, 0.25) is 0 Å². The highest BCUT2D eigenvalue weighted by molar-refractivity contribution is 6.05. The third-order valence-corrected chi connectivity index (χ3v) is 7.03. The van der Waals surface area contributed by atoms with Crippen LogP contribution in [0.4, 0.5) is 28.9 Å². The van der Waals surface area contributed by atoms with Gasteiger partial charge < -0.3 is 15.1 Å². The molecule has 3 aromatic heterocycles. The van der Waals surface area contributed by atoms with Gasteiger partial charge >= 0.3 is 6.18 Å². The van der Waals surface area contributed by atoms with E-state index in [1.165, 1.54) is 15.8 Å². The number of aryl methyl sites for hydroxylation is 2. The molecule has 0 saturated carbocycles. The van der Waals surface area contributed by atoms with E-state index in [-0.39, 0.29) is 16.9 Å². The van der Waals surface area contributed by atoms with E-state index >= 15 is 4.39 Å². The molecule has 1 N–H and O–H groups in total. The maximum absolute atomic E-state index is 15.0. The van der Waals surface area contributed by atoms with Crippen LogP contribution in [0.25, 0.3) is 16.9 Å². The summed E-state index contributed by atoms with van der Waals surface area (Å²) in [6, 6.07) is 3.28. The Morgan fingerprint density at radius 1 is 1.00 bits per heavy atom. The highest BCUT2D eigenvalue weighted by Gasteiger charge is 2.37. The van der Waals surface area contributed by atoms with Gasteiger partial charge in [0.05, 0.1) is 46.9 Å². The number of amides is 1. The number of piperazine rings is 1. The van der Waals surface area contributed by atoms with Crippen molar-refractivity contribution in [3.8, 4) is 16.9 Å². The van der Waals surface area contributed by atoms with E-state index in [1.54, 1.807) is 30.1 Å². The minimum atomic E-state index is -4.97. The number of nitrogens with one attached hydrogen (secondary N) is 1. The van der Waals surface area contributed by atoms with Crippen LogP contribution in [-0.4, -0.2) is 73.8 Å². The molecule has 210 valence electrons. The highest BCUT2D eigenvalue weighted by Crippen LogP contribution is 2.37. The monoisotopic (exact) mass is 557 g/mol. The van der Waals surface area contributed by atoms with Gasteiger partial charge in [-0.05, 0) is 39.1 Å². The number of rotatable bonds is 5. The van der Waals surface area contributed by atoms with Crippen molar-refractivity contribution < 1.29 is 22.4 Å². The average Bonchev–Trinajstić information content (AvgIpc) is 3.51. The van der Waals surface area contributed by atoms with Gasteiger partial charge in [-0.15, -0.1) is 5.10 Å². The van der Waals surface area contributed by atoms with E-state index in [4.69, 9.17) is 0 Å². The van der Waals surface area contributed by atoms with Crippen LogP contribution in [0.15, 0.2) is 36.8 Å². The molecule has 1 amide bonds. The molecule has 0 unspecified atom stereocenters. The number of anilines is 2. The summed E-state index contributed by atoms with van der Waals surface area (Å²) >= 11 is 0. The zero-order valence-corrected chi connectivity index (χ0v) is 22.3. The fourth-order valence-electron chi connectivity index (χ4n) is 4.50. The highest BCUT2D eigenvalue weighted by atomic mass is 19.4. The van der Waals surface area contributed by atoms with Gasteiger partial charge in [-0.2, -0.15) is 18.3 Å². The quantitative estimate of drug-likeness (QED) is 0.373. The van der Waals surface area contributed by atoms with Gasteiger partial charge in [-0.25, -0.2) is 9.07 Å². The fraction of sp³-hybridized carbons (Fsp3) is 0.346. The molecule has 5 rings (SSSR count). The zero-order valence-electron chi connectivity index (χ0n) is 22.3. The molecular weight excluding hydrogens is 530 g/mol. The predicted octanol–water partition coefficient (Wildman–Crippen LogP) is 3.84. The lowest BCUT2D eigenvalue weighted by atomic mass is 10.1. The molecule has 1 saturated heterocycles. The van der Waals surface area contributed by atoms with Crippen molar-refractivity contribution in [3.05, 3.63) is 65.1 Å². The summed E-state index contributed by atoms with van der Waals surface area (Å²) in [6.07, 6.45) is -0.218. The Bertz CT molecular complexity index is 1570. The van der Waals surface area contributed by atoms with E-state index in [2.05, 4.69) is 25.7 Å². The van der Waals surface area contributed by atoms with Crippen molar-refractivity contribution in [2.45, 2.75) is 20.0 Å². The maximum atomic E-state index is 15.0. The third-order valence-electron chi connectivity index (χ3n) is 7.03. The number of carbonyl (C=O) groups is 1. The van der Waals surface area contributed by atoms with Crippen molar-refractivity contribution >= 4 is 17.3 Å². The van der Waals surface area contributed by atoms with Gasteiger partial charge in [0, 0.05) is 50.0 Å². The van der Waals surface area contributed by atoms with E-state index in [9.17, 15) is 18.0 Å². The second kappa shape index (κ2) is 10.3. The first-order valence-electron chi connectivity index (χ1n) is 12.5. The van der Waals surface area contributed by atoms with Crippen molar-refractivity contribution in [1.29, 1.82) is 0 Å². The number of hydrogen-bond acceptors (Lipinski definition) is 7. The number of aromatic nitrogens is 6. The minimum Gasteiger partial charge on any atom is -0.367 e. The van der Waals surface area contributed by atoms with E-state index in [0.717, 1.165) is 17.3 Å². The van der Waals surface area contributed by atoms with Crippen LogP contribution in [0, 0.1) is 19.7 Å². The van der Waals surface area contributed by atoms with Crippen LogP contribution in [0.2, 0.25) is 0 Å². The number of alkyl halides is 3. The lowest BCUT2D eigenvalue weighted by molar-refractivity contribution is -0.139. The molecule has 4 heterocycles. The molecule has 1 aromatic carbocycles. The first kappa shape index (κ1) is 27.2. The van der Waals surface area contributed by atoms with Gasteiger partial charge in [-0.1, -0.05) is 5.21 Å². The largest absolute Gasteiger partial charge is 0.419 e. The van der Waals surface area contributed by atoms with Crippen LogP contribution in [0.1, 0.15) is 27.3 Å². The second-order valence-electron chi connectivity index (χ2n) is 9.74. The van der Waals surface area contributed by atoms with Crippen molar-refractivity contribution in [2.24, 2.45) is 7.05 Å². The van der Waals surface area contributed by atoms with Crippen LogP contribution in [0.3, 0.4) is 0 Å². The first-order chi connectivity index (χ1) is 18.9. The molecule has 1 fully saturated rings. The van der Waals surface area contributed by atoms with E-state index < -0.39 is 23.5 Å². The third kappa shape index (κ3) is 5.26. The minimum absolute atomic E-state index is 0.222. The summed E-state index contributed by atoms with van der Waals surface area (Å²) < 4.78 is 59.4. The molecule has 0 spiro atoms. The van der Waals surface area contributed by atoms with Crippen LogP contribution >= 0.6 is 0 Å². The Balaban J connectivity index is 1.44. The summed E-state index contributed by atoms with van der Waals surface area (Å²) in [5.41, 5.74) is 1.53. The molecule has 10 nitrogen and oxygen atoms in total. The molecule has 1 aliphatic heterocycles. The Morgan fingerprint density at radius 2 is 1.73 bits per heavy atom. The molecule has 40 heavy (non-hydrogen) atoms. The number of likely N-dealkylation sites (N-methyl/N-ethyl adjacent to an activating group) is 1. The Hall–Kier alpha value is -4.33. The lowest BCUT2D eigenvalue weighted by Crippen LogP contribution is -2.45. The van der Waals surface area contributed by atoms with Gasteiger partial charge in [0.25, 0.3) is 5.91 Å². The van der Waals surface area contributed by atoms with E-state index in [1.807, 2.05) is 25.9 Å². The standard InChI is InChI=1S/C26H27F4N9O/c1-15-22(39-14-21(34-35-39)19-13-32-37(4)16(19)2)11-18(12-31-15)33-25(40)17-9-20(26(28,29)30)24(27)23(10-17)38-7-5-36(3)6-8-38/h9-14H,5-8H2,1-4H3,(H,33,40). The number of pyridine rings is 1. The van der Waals surface area contributed by atoms with Crippen molar-refractivity contribution in [2.75, 3.05) is 43.4 Å². The Labute approximate surface area is 227 Å². The molecule has 0 atom stereocenters. The summed E-state index contributed by atoms with van der Waals surface area (Å²) in [5.74, 6) is -2.22. The van der Waals surface area contributed by atoms with Gasteiger partial charge in [0.1, 0.15) is 5.69 Å². The number of nitrogens with zero attached hydrogens (tertiary/aromatic N) is 8. The van der Waals surface area contributed by atoms with Gasteiger partial charge in [0.15, 0.2) is 5.82 Å². The second-order valence-corrected chi connectivity index (χ2v) is 9.74. The SMILES string of the molecule is Cc1ncc(NC(=O)c2cc(N3CCN(C)CC3)c(F)c(C(F)(F)F)c2)cc1-n1cc(-c2cnn(C)c2C)nn1. The summed E-state index contributed by atoms with van der Waals surface area (Å²) in [7, 11) is 3.69. The van der Waals surface area contributed by atoms with Crippen LogP contribution in [-0.2, 0) is 13.2 Å². The zero-order chi connectivity index (χ0) is 28.8. The van der Waals surface area contributed by atoms with Crippen molar-refractivity contribution in [3.63, 3.8) is 0 Å². The fourth-order valence-corrected chi connectivity index (χ4v) is 4.50. The molecule has 1 aliphatic rings. The molecule has 0 bridgehead atoms. The molecule has 14 heteroatoms. The summed E-state index contributed by atoms with van der Waals surface area (Å²) in [4.78, 5) is 21.0. The maximum Gasteiger partial charge on any atom is 0.419 e. The molecule has 0 aliphatic carbocycles. The summed E-state index contributed by atoms with van der Waals surface area (Å²) in [6.45, 7) is 5.42. The summed E-state index contributed by atoms with van der Waals surface area (Å²) in [5, 5.41) is 15.2. The molecular formula is C26H27F4N9O. The normalized spacial score (nSPS) is 14.6. The number of carbonyl (C=O) groups excluding carboxylic acids is 1. The number of benzene rings is 1. The molecule has 4 aromatic rings. The smallest absolute Gasteiger partial charge is 0.367 e. The van der Waals surface area contributed by atoms with Crippen molar-refractivity contribution in [1.82, 2.24) is 34.7 Å². The number of halogens is 4. The topological polar surface area (TPSA) is 97.0 Å².